The van der Waals surface area contributed by atoms with E-state index in [2.05, 4.69) is 28.5 Å². The topological polar surface area (TPSA) is 37.7 Å². The first kappa shape index (κ1) is 20.2. The molecule has 0 radical (unpaired) electrons. The van der Waals surface area contributed by atoms with Gasteiger partial charge < -0.3 is 14.2 Å². The molecular formula is C25H29N3O2. The third-order valence-corrected chi connectivity index (χ3v) is 5.78. The van der Waals surface area contributed by atoms with Crippen molar-refractivity contribution in [3.05, 3.63) is 83.7 Å². The molecule has 0 atom stereocenters. The van der Waals surface area contributed by atoms with E-state index in [-0.39, 0.29) is 5.91 Å². The molecule has 1 saturated heterocycles. The Morgan fingerprint density at radius 3 is 2.47 bits per heavy atom. The number of hydrogen-bond donors (Lipinski definition) is 0. The van der Waals surface area contributed by atoms with Crippen molar-refractivity contribution in [2.24, 2.45) is 0 Å². The Morgan fingerprint density at radius 1 is 0.967 bits per heavy atom. The summed E-state index contributed by atoms with van der Waals surface area (Å²) in [6.07, 6.45) is 5.01. The van der Waals surface area contributed by atoms with Crippen LogP contribution in [-0.2, 0) is 6.54 Å². The molecule has 1 amide bonds. The maximum absolute atomic E-state index is 13.2. The second kappa shape index (κ2) is 9.18. The predicted octanol–water partition coefficient (Wildman–Crippen LogP) is 4.14. The van der Waals surface area contributed by atoms with Crippen molar-refractivity contribution < 1.29 is 9.53 Å². The monoisotopic (exact) mass is 403 g/mol. The molecule has 1 aliphatic rings. The van der Waals surface area contributed by atoms with E-state index in [0.29, 0.717) is 0 Å². The number of rotatable bonds is 5. The number of methoxy groups -OCH3 is 1. The molecule has 5 heteroatoms. The van der Waals surface area contributed by atoms with Crippen LogP contribution < -0.4 is 4.74 Å². The smallest absolute Gasteiger partial charge is 0.253 e. The summed E-state index contributed by atoms with van der Waals surface area (Å²) in [6.45, 7) is 6.40. The number of ether oxygens (including phenoxy) is 1. The van der Waals surface area contributed by atoms with Gasteiger partial charge in [-0.2, -0.15) is 0 Å². The Hall–Kier alpha value is -3.05. The van der Waals surface area contributed by atoms with E-state index in [1.165, 1.54) is 5.56 Å². The summed E-state index contributed by atoms with van der Waals surface area (Å²) in [6, 6.07) is 18.2. The first-order valence-electron chi connectivity index (χ1n) is 10.5. The fraction of sp³-hybridized carbons (Fsp3) is 0.320. The minimum absolute atomic E-state index is 0.120. The van der Waals surface area contributed by atoms with E-state index in [1.54, 1.807) is 7.11 Å². The Bertz CT molecular complexity index is 980. The molecule has 5 nitrogen and oxygen atoms in total. The van der Waals surface area contributed by atoms with Crippen LogP contribution in [0.25, 0.3) is 5.69 Å². The molecule has 4 rings (SSSR count). The summed E-state index contributed by atoms with van der Waals surface area (Å²) in [4.78, 5) is 17.6. The molecule has 1 fully saturated rings. The number of nitrogens with zero attached hydrogens (tertiary/aromatic N) is 3. The molecule has 0 bridgehead atoms. The standard InChI is InChI=1S/C25H29N3O2/c1-20-6-9-22(18-24(20)27-13-3-4-14-27)25(29)28-15-5-12-26(16-17-28)19-21-7-10-23(30-2)11-8-21/h3-4,6-11,13-14,18H,5,12,15-17,19H2,1-2H3. The van der Waals surface area contributed by atoms with E-state index >= 15 is 0 Å². The van der Waals surface area contributed by atoms with Gasteiger partial charge in [0.05, 0.1) is 7.11 Å². The van der Waals surface area contributed by atoms with Crippen molar-refractivity contribution in [1.82, 2.24) is 14.4 Å². The molecule has 30 heavy (non-hydrogen) atoms. The van der Waals surface area contributed by atoms with Crippen LogP contribution in [0.5, 0.6) is 5.75 Å². The minimum Gasteiger partial charge on any atom is -0.497 e. The van der Waals surface area contributed by atoms with Crippen LogP contribution in [0.1, 0.15) is 27.9 Å². The summed E-state index contributed by atoms with van der Waals surface area (Å²) in [7, 11) is 1.69. The number of carbonyl (C=O) groups is 1. The predicted molar refractivity (Wildman–Crippen MR) is 119 cm³/mol. The molecule has 156 valence electrons. The number of hydrogen-bond acceptors (Lipinski definition) is 3. The van der Waals surface area contributed by atoms with Crippen molar-refractivity contribution in [3.8, 4) is 11.4 Å². The van der Waals surface area contributed by atoms with Gasteiger partial charge in [0, 0.05) is 56.4 Å². The summed E-state index contributed by atoms with van der Waals surface area (Å²) in [5, 5.41) is 0. The quantitative estimate of drug-likeness (QED) is 0.643. The van der Waals surface area contributed by atoms with Gasteiger partial charge in [-0.25, -0.2) is 0 Å². The van der Waals surface area contributed by atoms with Gasteiger partial charge >= 0.3 is 0 Å². The summed E-state index contributed by atoms with van der Waals surface area (Å²) < 4.78 is 7.30. The lowest BCUT2D eigenvalue weighted by Gasteiger charge is -2.22. The molecule has 0 saturated carbocycles. The molecule has 1 aromatic heterocycles. The molecule has 2 aromatic carbocycles. The second-order valence-electron chi connectivity index (χ2n) is 7.86. The maximum Gasteiger partial charge on any atom is 0.253 e. The highest BCUT2D eigenvalue weighted by atomic mass is 16.5. The van der Waals surface area contributed by atoms with Gasteiger partial charge in [-0.3, -0.25) is 9.69 Å². The molecule has 0 unspecified atom stereocenters. The van der Waals surface area contributed by atoms with Crippen LogP contribution in [0.2, 0.25) is 0 Å². The molecule has 3 aromatic rings. The molecule has 0 spiro atoms. The normalized spacial score (nSPS) is 15.1. The van der Waals surface area contributed by atoms with Crippen molar-refractivity contribution >= 4 is 5.91 Å². The van der Waals surface area contributed by atoms with Crippen molar-refractivity contribution in [1.29, 1.82) is 0 Å². The lowest BCUT2D eigenvalue weighted by atomic mass is 10.1. The van der Waals surface area contributed by atoms with Crippen LogP contribution in [-0.4, -0.2) is 53.6 Å². The van der Waals surface area contributed by atoms with Crippen LogP contribution in [0.3, 0.4) is 0 Å². The van der Waals surface area contributed by atoms with Gasteiger partial charge in [0.1, 0.15) is 5.75 Å². The zero-order valence-corrected chi connectivity index (χ0v) is 17.8. The van der Waals surface area contributed by atoms with E-state index in [4.69, 9.17) is 4.74 Å². The second-order valence-corrected chi connectivity index (χ2v) is 7.86. The van der Waals surface area contributed by atoms with Crippen molar-refractivity contribution in [2.75, 3.05) is 33.3 Å². The van der Waals surface area contributed by atoms with Crippen molar-refractivity contribution in [2.45, 2.75) is 19.9 Å². The first-order valence-corrected chi connectivity index (χ1v) is 10.5. The van der Waals surface area contributed by atoms with E-state index < -0.39 is 0 Å². The van der Waals surface area contributed by atoms with Crippen LogP contribution in [0, 0.1) is 6.92 Å². The third-order valence-electron chi connectivity index (χ3n) is 5.78. The van der Waals surface area contributed by atoms with Gasteiger partial charge in [0.2, 0.25) is 0 Å². The number of aryl methyl sites for hydroxylation is 1. The van der Waals surface area contributed by atoms with E-state index in [9.17, 15) is 4.79 Å². The van der Waals surface area contributed by atoms with E-state index in [1.807, 2.05) is 59.8 Å². The van der Waals surface area contributed by atoms with Gasteiger partial charge in [-0.05, 0) is 60.9 Å². The van der Waals surface area contributed by atoms with Gasteiger partial charge in [-0.15, -0.1) is 0 Å². The minimum atomic E-state index is 0.120. The average molecular weight is 404 g/mol. The average Bonchev–Trinajstić information content (AvgIpc) is 3.21. The lowest BCUT2D eigenvalue weighted by Crippen LogP contribution is -2.35. The van der Waals surface area contributed by atoms with Crippen molar-refractivity contribution in [3.63, 3.8) is 0 Å². The largest absolute Gasteiger partial charge is 0.497 e. The molecular weight excluding hydrogens is 374 g/mol. The van der Waals surface area contributed by atoms with Gasteiger partial charge in [0.25, 0.3) is 5.91 Å². The zero-order valence-electron chi connectivity index (χ0n) is 17.8. The number of carbonyl (C=O) groups excluding carboxylic acids is 1. The SMILES string of the molecule is COc1ccc(CN2CCCN(C(=O)c3ccc(C)c(-n4cccc4)c3)CC2)cc1. The zero-order chi connectivity index (χ0) is 20.9. The Kier molecular flexibility index (Phi) is 6.19. The lowest BCUT2D eigenvalue weighted by molar-refractivity contribution is 0.0761. The highest BCUT2D eigenvalue weighted by Crippen LogP contribution is 2.19. The fourth-order valence-electron chi connectivity index (χ4n) is 4.02. The third kappa shape index (κ3) is 4.57. The summed E-state index contributed by atoms with van der Waals surface area (Å²) in [5.41, 5.74) is 4.24. The highest BCUT2D eigenvalue weighted by molar-refractivity contribution is 5.95. The van der Waals surface area contributed by atoms with Crippen LogP contribution in [0.15, 0.2) is 67.0 Å². The van der Waals surface area contributed by atoms with Gasteiger partial charge in [-0.1, -0.05) is 18.2 Å². The van der Waals surface area contributed by atoms with Crippen LogP contribution in [0.4, 0.5) is 0 Å². The molecule has 2 heterocycles. The first-order chi connectivity index (χ1) is 14.6. The Balaban J connectivity index is 1.41. The molecule has 0 aliphatic carbocycles. The van der Waals surface area contributed by atoms with Crippen LogP contribution >= 0.6 is 0 Å². The molecule has 1 aliphatic heterocycles. The molecule has 0 N–H and O–H groups in total. The maximum atomic E-state index is 13.2. The summed E-state index contributed by atoms with van der Waals surface area (Å²) in [5.74, 6) is 0.999. The number of aromatic nitrogens is 1. The summed E-state index contributed by atoms with van der Waals surface area (Å²) >= 11 is 0. The number of amides is 1. The van der Waals surface area contributed by atoms with E-state index in [0.717, 1.165) is 61.7 Å². The number of benzene rings is 2. The Morgan fingerprint density at radius 2 is 1.73 bits per heavy atom. The van der Waals surface area contributed by atoms with Gasteiger partial charge in [0.15, 0.2) is 0 Å². The Labute approximate surface area is 178 Å². The fourth-order valence-corrected chi connectivity index (χ4v) is 4.02. The highest BCUT2D eigenvalue weighted by Gasteiger charge is 2.21.